The number of hydrogen-bond donors (Lipinski definition) is 1. The highest BCUT2D eigenvalue weighted by atomic mass is 19.1. The molecule has 0 aliphatic heterocycles. The maximum Gasteiger partial charge on any atom is 0.292 e. The van der Waals surface area contributed by atoms with Gasteiger partial charge in [-0.15, -0.1) is 0 Å². The molecule has 0 atom stereocenters. The van der Waals surface area contributed by atoms with E-state index in [0.29, 0.717) is 16.9 Å². The maximum atomic E-state index is 13.4. The van der Waals surface area contributed by atoms with Gasteiger partial charge in [-0.3, -0.25) is 14.0 Å². The van der Waals surface area contributed by atoms with Crippen LogP contribution in [0.5, 0.6) is 0 Å². The van der Waals surface area contributed by atoms with Crippen LogP contribution in [0, 0.1) is 5.82 Å². The smallest absolute Gasteiger partial charge is 0.292 e. The number of aromatic nitrogens is 2. The second kappa shape index (κ2) is 7.55. The molecule has 6 nitrogen and oxygen atoms in total. The molecule has 4 aromatic rings. The fourth-order valence-corrected chi connectivity index (χ4v) is 3.04. The van der Waals surface area contributed by atoms with Crippen LogP contribution < -0.4 is 10.2 Å². The molecule has 4 rings (SSSR count). The predicted octanol–water partition coefficient (Wildman–Crippen LogP) is 4.00. The quantitative estimate of drug-likeness (QED) is 0.575. The molecule has 0 fully saturated rings. The summed E-state index contributed by atoms with van der Waals surface area (Å²) in [5.41, 5.74) is 1.67. The summed E-state index contributed by atoms with van der Waals surface area (Å²) < 4.78 is 15.0. The second-order valence-corrected chi connectivity index (χ2v) is 6.40. The van der Waals surface area contributed by atoms with Crippen molar-refractivity contribution in [1.29, 1.82) is 0 Å². The van der Waals surface area contributed by atoms with Crippen LogP contribution in [-0.2, 0) is 0 Å². The Morgan fingerprint density at radius 1 is 1.00 bits per heavy atom. The number of amides is 2. The molecule has 0 spiro atoms. The Balaban J connectivity index is 1.72. The number of nitrogens with zero attached hydrogens (tertiary/aromatic N) is 3. The van der Waals surface area contributed by atoms with Gasteiger partial charge in [0, 0.05) is 24.6 Å². The van der Waals surface area contributed by atoms with Crippen LogP contribution in [0.2, 0.25) is 0 Å². The van der Waals surface area contributed by atoms with Crippen molar-refractivity contribution >= 4 is 28.7 Å². The number of benzene rings is 2. The van der Waals surface area contributed by atoms with Crippen molar-refractivity contribution in [3.63, 3.8) is 0 Å². The number of anilines is 2. The molecule has 0 radical (unpaired) electrons. The van der Waals surface area contributed by atoms with Crippen LogP contribution in [0.1, 0.15) is 21.1 Å². The molecule has 0 saturated heterocycles. The van der Waals surface area contributed by atoms with E-state index in [1.807, 2.05) is 30.3 Å². The van der Waals surface area contributed by atoms with Gasteiger partial charge in [-0.1, -0.05) is 30.3 Å². The highest BCUT2D eigenvalue weighted by Gasteiger charge is 2.24. The fourth-order valence-electron chi connectivity index (χ4n) is 3.04. The lowest BCUT2D eigenvalue weighted by Gasteiger charge is -2.16. The monoisotopic (exact) mass is 388 g/mol. The molecule has 0 aliphatic rings. The molecule has 2 aromatic carbocycles. The molecule has 0 bridgehead atoms. The summed E-state index contributed by atoms with van der Waals surface area (Å²) in [4.78, 5) is 31.6. The van der Waals surface area contributed by atoms with Crippen molar-refractivity contribution in [3.8, 4) is 0 Å². The van der Waals surface area contributed by atoms with E-state index >= 15 is 0 Å². The van der Waals surface area contributed by atoms with Crippen LogP contribution >= 0.6 is 0 Å². The largest absolute Gasteiger partial charge is 0.319 e. The van der Waals surface area contributed by atoms with Gasteiger partial charge in [-0.25, -0.2) is 9.37 Å². The predicted molar refractivity (Wildman–Crippen MR) is 109 cm³/mol. The van der Waals surface area contributed by atoms with Crippen LogP contribution in [0.3, 0.4) is 0 Å². The topological polar surface area (TPSA) is 66.7 Å². The van der Waals surface area contributed by atoms with Gasteiger partial charge in [0.2, 0.25) is 5.82 Å². The van der Waals surface area contributed by atoms with E-state index in [0.717, 1.165) is 0 Å². The Labute approximate surface area is 166 Å². The molecular weight excluding hydrogens is 371 g/mol. The Hall–Kier alpha value is -4.00. The molecule has 2 amide bonds. The van der Waals surface area contributed by atoms with Gasteiger partial charge < -0.3 is 10.2 Å². The van der Waals surface area contributed by atoms with Gasteiger partial charge in [-0.2, -0.15) is 0 Å². The third kappa shape index (κ3) is 3.58. The zero-order valence-corrected chi connectivity index (χ0v) is 15.5. The van der Waals surface area contributed by atoms with Gasteiger partial charge >= 0.3 is 0 Å². The minimum atomic E-state index is -0.543. The average molecular weight is 388 g/mol. The van der Waals surface area contributed by atoms with E-state index in [-0.39, 0.29) is 17.4 Å². The van der Waals surface area contributed by atoms with E-state index < -0.39 is 11.7 Å². The van der Waals surface area contributed by atoms with Crippen molar-refractivity contribution < 1.29 is 14.0 Å². The minimum Gasteiger partial charge on any atom is -0.319 e. The van der Waals surface area contributed by atoms with E-state index in [1.165, 1.54) is 23.1 Å². The molecule has 2 heterocycles. The van der Waals surface area contributed by atoms with Crippen molar-refractivity contribution in [3.05, 3.63) is 96.3 Å². The Morgan fingerprint density at radius 2 is 1.76 bits per heavy atom. The molecular formula is C22H17FN4O2. The number of imidazole rings is 1. The zero-order chi connectivity index (χ0) is 20.4. The third-order valence-corrected chi connectivity index (χ3v) is 4.48. The molecule has 0 unspecified atom stereocenters. The van der Waals surface area contributed by atoms with E-state index in [4.69, 9.17) is 0 Å². The van der Waals surface area contributed by atoms with Crippen molar-refractivity contribution in [2.45, 2.75) is 0 Å². The Kier molecular flexibility index (Phi) is 4.78. The molecule has 2 aromatic heterocycles. The van der Waals surface area contributed by atoms with Crippen molar-refractivity contribution in [2.75, 3.05) is 17.3 Å². The number of fused-ring (bicyclic) bond motifs is 1. The number of pyridine rings is 1. The summed E-state index contributed by atoms with van der Waals surface area (Å²) in [6.45, 7) is 0. The molecule has 144 valence electrons. The first-order chi connectivity index (χ1) is 14.0. The van der Waals surface area contributed by atoms with Gasteiger partial charge in [0.25, 0.3) is 11.8 Å². The van der Waals surface area contributed by atoms with E-state index in [1.54, 1.807) is 41.9 Å². The zero-order valence-electron chi connectivity index (χ0n) is 15.5. The highest BCUT2D eigenvalue weighted by Crippen LogP contribution is 2.20. The van der Waals surface area contributed by atoms with E-state index in [2.05, 4.69) is 10.3 Å². The number of para-hydroxylation sites is 1. The summed E-state index contributed by atoms with van der Waals surface area (Å²) >= 11 is 0. The molecule has 29 heavy (non-hydrogen) atoms. The number of hydrogen-bond acceptors (Lipinski definition) is 3. The summed E-state index contributed by atoms with van der Waals surface area (Å²) in [5, 5.41) is 2.62. The lowest BCUT2D eigenvalue weighted by atomic mass is 10.2. The van der Waals surface area contributed by atoms with Gasteiger partial charge in [0.15, 0.2) is 5.69 Å². The first-order valence-corrected chi connectivity index (χ1v) is 8.92. The molecule has 0 saturated carbocycles. The summed E-state index contributed by atoms with van der Waals surface area (Å²) in [6, 6.07) is 20.0. The fraction of sp³-hybridized carbons (Fsp3) is 0.0455. The summed E-state index contributed by atoms with van der Waals surface area (Å²) in [7, 11) is 1.65. The average Bonchev–Trinajstić information content (AvgIpc) is 3.13. The van der Waals surface area contributed by atoms with Gasteiger partial charge in [-0.05, 0) is 42.5 Å². The first-order valence-electron chi connectivity index (χ1n) is 8.92. The minimum absolute atomic E-state index is 0.0367. The number of rotatable bonds is 4. The number of carbonyl (C=O) groups excluding carboxylic acids is 2. The number of carbonyl (C=O) groups is 2. The molecule has 1 N–H and O–H groups in total. The second-order valence-electron chi connectivity index (χ2n) is 6.40. The standard InChI is InChI=1S/C22H17FN4O2/c1-26(17-10-3-2-4-11-17)22(29)19-18-12-5-6-13-27(18)20(25-19)21(28)24-16-9-7-8-15(23)14-16/h2-14H,1H3,(H,24,28). The normalized spacial score (nSPS) is 10.7. The Morgan fingerprint density at radius 3 is 2.52 bits per heavy atom. The van der Waals surface area contributed by atoms with E-state index in [9.17, 15) is 14.0 Å². The van der Waals surface area contributed by atoms with Crippen LogP contribution in [0.15, 0.2) is 79.0 Å². The number of nitrogens with one attached hydrogen (secondary N) is 1. The first kappa shape index (κ1) is 18.4. The maximum absolute atomic E-state index is 13.4. The summed E-state index contributed by atoms with van der Waals surface area (Å²) in [5.74, 6) is -1.31. The van der Waals surface area contributed by atoms with Crippen LogP contribution in [0.4, 0.5) is 15.8 Å². The number of halogens is 1. The SMILES string of the molecule is CN(C(=O)c1nc(C(=O)Nc2cccc(F)c2)n2ccccc12)c1ccccc1. The summed E-state index contributed by atoms with van der Waals surface area (Å²) in [6.07, 6.45) is 1.65. The van der Waals surface area contributed by atoms with Crippen molar-refractivity contribution in [2.24, 2.45) is 0 Å². The van der Waals surface area contributed by atoms with Gasteiger partial charge in [0.05, 0.1) is 5.52 Å². The molecule has 0 aliphatic carbocycles. The Bertz CT molecular complexity index is 1200. The van der Waals surface area contributed by atoms with Gasteiger partial charge in [0.1, 0.15) is 5.82 Å². The molecule has 7 heteroatoms. The van der Waals surface area contributed by atoms with Crippen LogP contribution in [-0.4, -0.2) is 28.2 Å². The lowest BCUT2D eigenvalue weighted by Crippen LogP contribution is -2.26. The van der Waals surface area contributed by atoms with Crippen molar-refractivity contribution in [1.82, 2.24) is 9.38 Å². The third-order valence-electron chi connectivity index (χ3n) is 4.48. The van der Waals surface area contributed by atoms with Crippen LogP contribution in [0.25, 0.3) is 5.52 Å². The highest BCUT2D eigenvalue weighted by molar-refractivity contribution is 6.11. The lowest BCUT2D eigenvalue weighted by molar-refractivity contribution is 0.0990.